The average Bonchev–Trinajstić information content (AvgIpc) is 3.24. The number of hydrogen-bond acceptors (Lipinski definition) is 5. The lowest BCUT2D eigenvalue weighted by Gasteiger charge is -2.26. The van der Waals surface area contributed by atoms with Crippen LogP contribution in [0, 0.1) is 12.7 Å². The number of aryl methyl sites for hydroxylation is 1. The van der Waals surface area contributed by atoms with Crippen LogP contribution in [0.2, 0.25) is 0 Å². The number of carbonyl (C=O) groups is 2. The maximum absolute atomic E-state index is 14.0. The Morgan fingerprint density at radius 2 is 2.15 bits per heavy atom. The molecular formula is C19H16FNO3S2. The van der Waals surface area contributed by atoms with Gasteiger partial charge in [-0.2, -0.15) is 0 Å². The predicted octanol–water partition coefficient (Wildman–Crippen LogP) is 4.15. The predicted molar refractivity (Wildman–Crippen MR) is 100 cm³/mol. The van der Waals surface area contributed by atoms with Gasteiger partial charge in [-0.25, -0.2) is 9.18 Å². The summed E-state index contributed by atoms with van der Waals surface area (Å²) < 4.78 is 19.9. The Kier molecular flexibility index (Phi) is 4.50. The van der Waals surface area contributed by atoms with E-state index in [9.17, 15) is 14.0 Å². The molecule has 4 nitrogen and oxygen atoms in total. The minimum atomic E-state index is -0.579. The molecule has 0 bridgehead atoms. The molecule has 7 heteroatoms. The van der Waals surface area contributed by atoms with Crippen LogP contribution in [0.5, 0.6) is 0 Å². The van der Waals surface area contributed by atoms with Crippen molar-refractivity contribution in [2.24, 2.45) is 0 Å². The zero-order chi connectivity index (χ0) is 18.3. The van der Waals surface area contributed by atoms with Gasteiger partial charge < -0.3 is 9.64 Å². The molecule has 26 heavy (non-hydrogen) atoms. The van der Waals surface area contributed by atoms with E-state index < -0.39 is 5.97 Å². The van der Waals surface area contributed by atoms with Crippen LogP contribution < -0.4 is 0 Å². The van der Waals surface area contributed by atoms with Gasteiger partial charge in [0, 0.05) is 28.1 Å². The van der Waals surface area contributed by atoms with Gasteiger partial charge >= 0.3 is 5.97 Å². The molecule has 0 unspecified atom stereocenters. The lowest BCUT2D eigenvalue weighted by atomic mass is 10.1. The Bertz CT molecular complexity index is 1010. The first-order valence-corrected chi connectivity index (χ1v) is 9.92. The zero-order valence-electron chi connectivity index (χ0n) is 14.1. The summed E-state index contributed by atoms with van der Waals surface area (Å²) >= 11 is 2.89. The summed E-state index contributed by atoms with van der Waals surface area (Å²) in [6.45, 7) is 2.59. The first kappa shape index (κ1) is 17.2. The van der Waals surface area contributed by atoms with Crippen LogP contribution in [0.1, 0.15) is 25.7 Å². The highest BCUT2D eigenvalue weighted by molar-refractivity contribution is 7.21. The van der Waals surface area contributed by atoms with Crippen molar-refractivity contribution in [1.29, 1.82) is 0 Å². The third kappa shape index (κ3) is 3.01. The Hall–Kier alpha value is -2.25. The van der Waals surface area contributed by atoms with E-state index in [0.29, 0.717) is 33.6 Å². The highest BCUT2D eigenvalue weighted by Gasteiger charge is 2.24. The molecule has 0 saturated heterocycles. The van der Waals surface area contributed by atoms with E-state index in [1.807, 2.05) is 11.4 Å². The van der Waals surface area contributed by atoms with Crippen LogP contribution in [-0.2, 0) is 22.5 Å². The maximum Gasteiger partial charge on any atom is 0.349 e. The molecule has 1 amide bonds. The highest BCUT2D eigenvalue weighted by Crippen LogP contribution is 2.33. The van der Waals surface area contributed by atoms with E-state index in [2.05, 4.69) is 0 Å². The quantitative estimate of drug-likeness (QED) is 0.632. The van der Waals surface area contributed by atoms with Crippen molar-refractivity contribution < 1.29 is 18.7 Å². The van der Waals surface area contributed by atoms with Crippen LogP contribution in [0.4, 0.5) is 4.39 Å². The SMILES string of the molecule is Cc1c(C(=O)OCC(=O)N2CCc3sccc3C2)sc2cccc(F)c12. The molecule has 0 aliphatic carbocycles. The van der Waals surface area contributed by atoms with Crippen molar-refractivity contribution in [2.75, 3.05) is 13.2 Å². The van der Waals surface area contributed by atoms with Gasteiger partial charge in [0.1, 0.15) is 10.7 Å². The molecule has 0 N–H and O–H groups in total. The normalized spacial score (nSPS) is 13.7. The maximum atomic E-state index is 14.0. The molecule has 0 radical (unpaired) electrons. The molecule has 2 aromatic heterocycles. The summed E-state index contributed by atoms with van der Waals surface area (Å²) in [6.07, 6.45) is 0.835. The van der Waals surface area contributed by atoms with Crippen molar-refractivity contribution in [3.63, 3.8) is 0 Å². The van der Waals surface area contributed by atoms with Gasteiger partial charge in [-0.05, 0) is 48.1 Å². The number of esters is 1. The topological polar surface area (TPSA) is 46.6 Å². The molecule has 0 fully saturated rings. The number of thiophene rings is 2. The Morgan fingerprint density at radius 3 is 2.96 bits per heavy atom. The van der Waals surface area contributed by atoms with E-state index in [0.717, 1.165) is 12.0 Å². The Morgan fingerprint density at radius 1 is 1.31 bits per heavy atom. The first-order valence-electron chi connectivity index (χ1n) is 8.22. The minimum absolute atomic E-state index is 0.208. The second-order valence-electron chi connectivity index (χ2n) is 6.18. The molecule has 1 aromatic carbocycles. The third-order valence-corrected chi connectivity index (χ3v) is 6.84. The average molecular weight is 389 g/mol. The summed E-state index contributed by atoms with van der Waals surface area (Å²) in [7, 11) is 0. The lowest BCUT2D eigenvalue weighted by molar-refractivity contribution is -0.135. The molecule has 3 aromatic rings. The minimum Gasteiger partial charge on any atom is -0.451 e. The number of carbonyl (C=O) groups excluding carboxylic acids is 2. The summed E-state index contributed by atoms with van der Waals surface area (Å²) in [5, 5.41) is 2.47. The number of rotatable bonds is 3. The van der Waals surface area contributed by atoms with Crippen LogP contribution in [-0.4, -0.2) is 29.9 Å². The third-order valence-electron chi connectivity index (χ3n) is 4.58. The number of amides is 1. The molecule has 4 rings (SSSR count). The number of ether oxygens (including phenoxy) is 1. The van der Waals surface area contributed by atoms with Crippen molar-refractivity contribution in [3.05, 3.63) is 56.3 Å². The number of benzene rings is 1. The molecule has 0 saturated carbocycles. The molecule has 1 aliphatic heterocycles. The first-order chi connectivity index (χ1) is 12.5. The Balaban J connectivity index is 1.44. The number of hydrogen-bond donors (Lipinski definition) is 0. The summed E-state index contributed by atoms with van der Waals surface area (Å²) in [4.78, 5) is 28.1. The van der Waals surface area contributed by atoms with Gasteiger partial charge in [-0.1, -0.05) is 6.07 Å². The highest BCUT2D eigenvalue weighted by atomic mass is 32.1. The van der Waals surface area contributed by atoms with E-state index in [1.54, 1.807) is 35.3 Å². The van der Waals surface area contributed by atoms with Crippen LogP contribution in [0.25, 0.3) is 10.1 Å². The molecule has 0 spiro atoms. The second-order valence-corrected chi connectivity index (χ2v) is 8.23. The molecule has 1 aliphatic rings. The van der Waals surface area contributed by atoms with Gasteiger partial charge in [0.2, 0.25) is 0 Å². The van der Waals surface area contributed by atoms with Gasteiger partial charge in [-0.3, -0.25) is 4.79 Å². The lowest BCUT2D eigenvalue weighted by Crippen LogP contribution is -2.38. The Labute approximate surface area is 157 Å². The smallest absolute Gasteiger partial charge is 0.349 e. The summed E-state index contributed by atoms with van der Waals surface area (Å²) in [5.74, 6) is -1.14. The fourth-order valence-corrected chi connectivity index (χ4v) is 5.20. The molecule has 134 valence electrons. The number of halogens is 1. The van der Waals surface area contributed by atoms with Crippen molar-refractivity contribution in [3.8, 4) is 0 Å². The van der Waals surface area contributed by atoms with Gasteiger partial charge in [-0.15, -0.1) is 22.7 Å². The largest absolute Gasteiger partial charge is 0.451 e. The number of fused-ring (bicyclic) bond motifs is 2. The fourth-order valence-electron chi connectivity index (χ4n) is 3.19. The van der Waals surface area contributed by atoms with Crippen LogP contribution in [0.3, 0.4) is 0 Å². The molecule has 3 heterocycles. The summed E-state index contributed by atoms with van der Waals surface area (Å²) in [6, 6.07) is 6.78. The van der Waals surface area contributed by atoms with E-state index in [4.69, 9.17) is 4.74 Å². The van der Waals surface area contributed by atoms with Crippen LogP contribution in [0.15, 0.2) is 29.6 Å². The monoisotopic (exact) mass is 389 g/mol. The standard InChI is InChI=1S/C19H16FNO3S2/c1-11-17-13(20)3-2-4-15(17)26-18(11)19(23)24-10-16(22)21-7-5-14-12(9-21)6-8-25-14/h2-4,6,8H,5,7,9-10H2,1H3. The van der Waals surface area contributed by atoms with Crippen molar-refractivity contribution in [2.45, 2.75) is 19.9 Å². The van der Waals surface area contributed by atoms with Crippen LogP contribution >= 0.6 is 22.7 Å². The number of nitrogens with zero attached hydrogens (tertiary/aromatic N) is 1. The van der Waals surface area contributed by atoms with Gasteiger partial charge in [0.25, 0.3) is 5.91 Å². The van der Waals surface area contributed by atoms with Gasteiger partial charge in [0.05, 0.1) is 0 Å². The van der Waals surface area contributed by atoms with Gasteiger partial charge in [0.15, 0.2) is 6.61 Å². The zero-order valence-corrected chi connectivity index (χ0v) is 15.7. The van der Waals surface area contributed by atoms with E-state index in [1.165, 1.54) is 22.3 Å². The molecule has 0 atom stereocenters. The summed E-state index contributed by atoms with van der Waals surface area (Å²) in [5.41, 5.74) is 1.72. The van der Waals surface area contributed by atoms with Crippen molar-refractivity contribution in [1.82, 2.24) is 4.90 Å². The fraction of sp³-hybridized carbons (Fsp3) is 0.263. The van der Waals surface area contributed by atoms with Crippen molar-refractivity contribution >= 4 is 44.6 Å². The van der Waals surface area contributed by atoms with E-state index in [-0.39, 0.29) is 18.3 Å². The second kappa shape index (κ2) is 6.81. The van der Waals surface area contributed by atoms with E-state index >= 15 is 0 Å². The molecular weight excluding hydrogens is 373 g/mol.